The number of nitrogens with zero attached hydrogens (tertiary/aromatic N) is 4. The summed E-state index contributed by atoms with van der Waals surface area (Å²) in [5.74, 6) is -0.0905. The van der Waals surface area contributed by atoms with Gasteiger partial charge in [0.25, 0.3) is 0 Å². The van der Waals surface area contributed by atoms with Gasteiger partial charge in [-0.15, -0.1) is 0 Å². The third kappa shape index (κ3) is 4.95. The van der Waals surface area contributed by atoms with Crippen molar-refractivity contribution in [2.75, 3.05) is 25.6 Å². The Bertz CT molecular complexity index is 984. The van der Waals surface area contributed by atoms with Crippen molar-refractivity contribution in [2.24, 2.45) is 0 Å². The van der Waals surface area contributed by atoms with Gasteiger partial charge in [0, 0.05) is 0 Å². The predicted octanol–water partition coefficient (Wildman–Crippen LogP) is -0.251. The van der Waals surface area contributed by atoms with E-state index in [1.807, 2.05) is 6.07 Å². The van der Waals surface area contributed by atoms with E-state index in [9.17, 15) is 9.90 Å². The van der Waals surface area contributed by atoms with Gasteiger partial charge in [-0.1, -0.05) is 0 Å². The van der Waals surface area contributed by atoms with Crippen LogP contribution in [0.15, 0.2) is 9.53 Å². The van der Waals surface area contributed by atoms with E-state index in [1.165, 1.54) is 4.57 Å². The number of nitriles is 1. The van der Waals surface area contributed by atoms with Gasteiger partial charge in [-0.3, -0.25) is 0 Å². The van der Waals surface area contributed by atoms with Crippen LogP contribution in [-0.2, 0) is 18.3 Å². The number of imidazole rings is 1. The van der Waals surface area contributed by atoms with Crippen LogP contribution in [0.1, 0.15) is 19.6 Å². The second-order valence-corrected chi connectivity index (χ2v) is 9.82. The SMILES string of the molecule is B[PH]1(OCCC#N)OC[C@H](C)O[C@@H](n2c(Br)nc3c(=O)[nH]c(N)nc32)[C@@H](O)CO1. The standard InChI is InChI=1S/C14H21BBrN6O6P/c1-7-5-26-29(15,25-4-2-3-17)27-6-8(23)12(28-7)22-10-9(19-13(22)16)11(24)21-14(18)20-10/h7-8,12,23,29H,2,4-6,15H2,1H3,(H3,18,20,21,24)/t7-,8-,12+/m0/s1. The molecule has 2 aromatic heterocycles. The first kappa shape index (κ1) is 22.1. The van der Waals surface area contributed by atoms with Crippen molar-refractivity contribution in [1.82, 2.24) is 19.5 Å². The molecule has 158 valence electrons. The number of fused-ring (bicyclic) bond motifs is 1. The molecule has 1 fully saturated rings. The first-order valence-electron chi connectivity index (χ1n) is 8.79. The van der Waals surface area contributed by atoms with E-state index in [2.05, 4.69) is 30.9 Å². The number of aromatic amines is 1. The van der Waals surface area contributed by atoms with Crippen molar-refractivity contribution in [3.8, 4) is 6.07 Å². The summed E-state index contributed by atoms with van der Waals surface area (Å²) in [5, 5.41) is 19.5. The Morgan fingerprint density at radius 2 is 2.24 bits per heavy atom. The molecular formula is C14H21BBrN6O6P. The Hall–Kier alpha value is -1.59. The van der Waals surface area contributed by atoms with Crippen molar-refractivity contribution in [3.05, 3.63) is 15.1 Å². The Morgan fingerprint density at radius 1 is 1.52 bits per heavy atom. The number of aliphatic hydroxyl groups is 1. The van der Waals surface area contributed by atoms with Crippen molar-refractivity contribution >= 4 is 48.4 Å². The molecule has 0 bridgehead atoms. The van der Waals surface area contributed by atoms with E-state index < -0.39 is 31.8 Å². The fourth-order valence-electron chi connectivity index (χ4n) is 2.80. The summed E-state index contributed by atoms with van der Waals surface area (Å²) >= 11 is 3.29. The number of ether oxygens (including phenoxy) is 1. The second-order valence-electron chi connectivity index (χ2n) is 6.52. The molecule has 0 aromatic carbocycles. The maximum atomic E-state index is 12.1. The van der Waals surface area contributed by atoms with Gasteiger partial charge in [0.2, 0.25) is 0 Å². The quantitative estimate of drug-likeness (QED) is 0.224. The van der Waals surface area contributed by atoms with Crippen molar-refractivity contribution in [1.29, 1.82) is 5.26 Å². The molecule has 1 saturated heterocycles. The number of aliphatic hydroxyl groups excluding tert-OH is 1. The van der Waals surface area contributed by atoms with E-state index in [-0.39, 0.29) is 48.1 Å². The Morgan fingerprint density at radius 3 is 2.97 bits per heavy atom. The zero-order chi connectivity index (χ0) is 21.2. The van der Waals surface area contributed by atoms with Gasteiger partial charge >= 0.3 is 175 Å². The van der Waals surface area contributed by atoms with Crippen molar-refractivity contribution < 1.29 is 23.4 Å². The molecule has 0 aliphatic carbocycles. The number of halogens is 1. The van der Waals surface area contributed by atoms with E-state index in [1.54, 1.807) is 14.5 Å². The third-order valence-corrected chi connectivity index (χ3v) is 6.83. The number of hydrogen-bond donors (Lipinski definition) is 3. The molecule has 3 heterocycles. The number of aromatic nitrogens is 4. The molecule has 0 amide bonds. The van der Waals surface area contributed by atoms with Crippen LogP contribution in [0.2, 0.25) is 0 Å². The summed E-state index contributed by atoms with van der Waals surface area (Å²) in [6.07, 6.45) is -2.42. The first-order chi connectivity index (χ1) is 13.7. The van der Waals surface area contributed by atoms with Crippen LogP contribution in [0.3, 0.4) is 0 Å². The molecule has 0 unspecified atom stereocenters. The zero-order valence-corrected chi connectivity index (χ0v) is 18.4. The van der Waals surface area contributed by atoms with E-state index >= 15 is 0 Å². The Labute approximate surface area is 175 Å². The molecular weight excluding hydrogens is 470 g/mol. The summed E-state index contributed by atoms with van der Waals surface area (Å²) in [6.45, 7) is 1.89. The molecule has 1 aliphatic heterocycles. The van der Waals surface area contributed by atoms with E-state index in [0.29, 0.717) is 0 Å². The Kier molecular flexibility index (Phi) is 6.90. The summed E-state index contributed by atoms with van der Waals surface area (Å²) in [6, 6.07) is 1.99. The minimum absolute atomic E-state index is 0.0469. The van der Waals surface area contributed by atoms with Crippen molar-refractivity contribution in [2.45, 2.75) is 31.8 Å². The fraction of sp³-hybridized carbons (Fsp3) is 0.571. The normalized spacial score (nSPS) is 26.2. The van der Waals surface area contributed by atoms with Crippen LogP contribution >= 0.6 is 23.8 Å². The molecule has 0 spiro atoms. The van der Waals surface area contributed by atoms with Crippen molar-refractivity contribution in [3.63, 3.8) is 0 Å². The van der Waals surface area contributed by atoms with E-state index in [0.717, 1.165) is 0 Å². The van der Waals surface area contributed by atoms with Gasteiger partial charge in [0.1, 0.15) is 0 Å². The van der Waals surface area contributed by atoms with Crippen LogP contribution in [0.25, 0.3) is 11.2 Å². The topological polar surface area (TPSA) is 171 Å². The Balaban J connectivity index is 1.93. The van der Waals surface area contributed by atoms with Gasteiger partial charge in [-0.05, 0) is 0 Å². The maximum absolute atomic E-state index is 12.1. The van der Waals surface area contributed by atoms with Gasteiger partial charge in [0.05, 0.1) is 0 Å². The molecule has 12 nitrogen and oxygen atoms in total. The molecule has 4 N–H and O–H groups in total. The number of anilines is 1. The van der Waals surface area contributed by atoms with Gasteiger partial charge in [-0.2, -0.15) is 0 Å². The summed E-state index contributed by atoms with van der Waals surface area (Å²) < 4.78 is 24.9. The second kappa shape index (κ2) is 9.05. The number of rotatable bonds is 4. The first-order valence-corrected chi connectivity index (χ1v) is 11.8. The predicted molar refractivity (Wildman–Crippen MR) is 111 cm³/mol. The molecule has 2 aromatic rings. The molecule has 15 heteroatoms. The van der Waals surface area contributed by atoms with Crippen LogP contribution in [0, 0.1) is 11.3 Å². The molecule has 0 saturated carbocycles. The number of hydrogen-bond acceptors (Lipinski definition) is 10. The summed E-state index contributed by atoms with van der Waals surface area (Å²) in [4.78, 5) is 22.8. The summed E-state index contributed by atoms with van der Waals surface area (Å²) in [7, 11) is -1.40. The van der Waals surface area contributed by atoms with Gasteiger partial charge in [-0.25, -0.2) is 0 Å². The number of nitrogen functional groups attached to an aromatic ring is 1. The van der Waals surface area contributed by atoms with Crippen LogP contribution in [-0.4, -0.2) is 64.2 Å². The molecule has 1 aliphatic rings. The van der Waals surface area contributed by atoms with E-state index in [4.69, 9.17) is 29.3 Å². The summed E-state index contributed by atoms with van der Waals surface area (Å²) in [5.41, 5.74) is 5.35. The number of nitrogens with one attached hydrogen (secondary N) is 1. The number of nitrogens with two attached hydrogens (primary N) is 1. The fourth-order valence-corrected chi connectivity index (χ4v) is 5.08. The average Bonchev–Trinajstić information content (AvgIpc) is 3.00. The average molecular weight is 491 g/mol. The zero-order valence-electron chi connectivity index (χ0n) is 15.8. The molecule has 0 radical (unpaired) electrons. The number of H-pyrrole nitrogens is 1. The third-order valence-electron chi connectivity index (χ3n) is 4.16. The minimum atomic E-state index is -3.09. The molecule has 3 rings (SSSR count). The van der Waals surface area contributed by atoms with Crippen LogP contribution < -0.4 is 11.3 Å². The van der Waals surface area contributed by atoms with Gasteiger partial charge in [0.15, 0.2) is 0 Å². The van der Waals surface area contributed by atoms with Crippen LogP contribution in [0.5, 0.6) is 0 Å². The monoisotopic (exact) mass is 490 g/mol. The molecule has 3 atom stereocenters. The molecule has 29 heavy (non-hydrogen) atoms. The van der Waals surface area contributed by atoms with Gasteiger partial charge < -0.3 is 0 Å². The van der Waals surface area contributed by atoms with Crippen LogP contribution in [0.4, 0.5) is 5.95 Å².